The number of rotatable bonds is 4. The zero-order valence-electron chi connectivity index (χ0n) is 12.1. The lowest BCUT2D eigenvalue weighted by atomic mass is 10.2. The molecule has 0 spiro atoms. The molecule has 1 heterocycles. The van der Waals surface area contributed by atoms with Gasteiger partial charge in [0.05, 0.1) is 15.1 Å². The van der Waals surface area contributed by atoms with Gasteiger partial charge in [-0.15, -0.1) is 11.3 Å². The number of aromatic nitrogens is 1. The monoisotopic (exact) mass is 359 g/mol. The standard InChI is InChI=1S/C16H10ClN3O3S/c17-11-6-5-10(9-13(11)20(22)23)18-15(21)7-8-16-19-12-3-1-2-4-14(12)24-16/h1-9H,(H,18,21)/b8-7+. The second-order valence-corrected chi connectivity index (χ2v) is 6.24. The molecule has 2 aromatic carbocycles. The molecule has 1 N–H and O–H groups in total. The molecule has 0 aliphatic carbocycles. The van der Waals surface area contributed by atoms with Crippen molar-refractivity contribution in [1.82, 2.24) is 4.98 Å². The molecule has 3 aromatic rings. The maximum absolute atomic E-state index is 11.9. The molecule has 0 unspecified atom stereocenters. The van der Waals surface area contributed by atoms with Crippen LogP contribution in [0.3, 0.4) is 0 Å². The highest BCUT2D eigenvalue weighted by atomic mass is 35.5. The SMILES string of the molecule is O=C(/C=C/c1nc2ccccc2s1)Nc1ccc(Cl)c([N+](=O)[O-])c1. The van der Waals surface area contributed by atoms with Gasteiger partial charge in [-0.2, -0.15) is 0 Å². The number of nitro groups is 1. The van der Waals surface area contributed by atoms with Gasteiger partial charge in [0.15, 0.2) is 0 Å². The summed E-state index contributed by atoms with van der Waals surface area (Å²) in [6, 6.07) is 11.8. The van der Waals surface area contributed by atoms with Gasteiger partial charge in [0, 0.05) is 17.8 Å². The van der Waals surface area contributed by atoms with Crippen molar-refractivity contribution in [2.24, 2.45) is 0 Å². The summed E-state index contributed by atoms with van der Waals surface area (Å²) in [7, 11) is 0. The van der Waals surface area contributed by atoms with Crippen LogP contribution in [0.25, 0.3) is 16.3 Å². The molecular formula is C16H10ClN3O3S. The Morgan fingerprint density at radius 3 is 2.83 bits per heavy atom. The molecule has 0 bridgehead atoms. The van der Waals surface area contributed by atoms with E-state index < -0.39 is 10.8 Å². The maximum Gasteiger partial charge on any atom is 0.289 e. The molecule has 3 rings (SSSR count). The summed E-state index contributed by atoms with van der Waals surface area (Å²) in [6.07, 6.45) is 2.93. The van der Waals surface area contributed by atoms with Gasteiger partial charge in [-0.3, -0.25) is 14.9 Å². The van der Waals surface area contributed by atoms with Crippen LogP contribution >= 0.6 is 22.9 Å². The van der Waals surface area contributed by atoms with Crippen molar-refractivity contribution < 1.29 is 9.72 Å². The number of hydrogen-bond acceptors (Lipinski definition) is 5. The van der Waals surface area contributed by atoms with Gasteiger partial charge in [-0.05, 0) is 30.3 Å². The molecule has 24 heavy (non-hydrogen) atoms. The predicted octanol–water partition coefficient (Wildman–Crippen LogP) is 4.51. The Morgan fingerprint density at radius 1 is 1.29 bits per heavy atom. The number of thiazole rings is 1. The summed E-state index contributed by atoms with van der Waals surface area (Å²) >= 11 is 7.20. The van der Waals surface area contributed by atoms with E-state index in [-0.39, 0.29) is 10.7 Å². The quantitative estimate of drug-likeness (QED) is 0.422. The zero-order chi connectivity index (χ0) is 17.1. The van der Waals surface area contributed by atoms with Crippen molar-refractivity contribution in [3.63, 3.8) is 0 Å². The highest BCUT2D eigenvalue weighted by Gasteiger charge is 2.13. The summed E-state index contributed by atoms with van der Waals surface area (Å²) < 4.78 is 1.03. The van der Waals surface area contributed by atoms with Crippen LogP contribution in [0.5, 0.6) is 0 Å². The fourth-order valence-electron chi connectivity index (χ4n) is 2.02. The number of para-hydroxylation sites is 1. The summed E-state index contributed by atoms with van der Waals surface area (Å²) in [4.78, 5) is 26.6. The first-order valence-corrected chi connectivity index (χ1v) is 8.01. The molecular weight excluding hydrogens is 350 g/mol. The number of nitrogens with one attached hydrogen (secondary N) is 1. The van der Waals surface area contributed by atoms with Crippen LogP contribution in [0, 0.1) is 10.1 Å². The lowest BCUT2D eigenvalue weighted by Gasteiger charge is -2.02. The van der Waals surface area contributed by atoms with E-state index in [1.54, 1.807) is 6.08 Å². The Balaban J connectivity index is 1.73. The summed E-state index contributed by atoms with van der Waals surface area (Å²) in [6.45, 7) is 0. The number of carbonyl (C=O) groups excluding carboxylic acids is 1. The molecule has 0 saturated carbocycles. The molecule has 0 radical (unpaired) electrons. The molecule has 0 atom stereocenters. The minimum Gasteiger partial charge on any atom is -0.322 e. The first-order valence-electron chi connectivity index (χ1n) is 6.81. The van der Waals surface area contributed by atoms with Crippen molar-refractivity contribution in [2.45, 2.75) is 0 Å². The molecule has 0 fully saturated rings. The van der Waals surface area contributed by atoms with Gasteiger partial charge in [-0.1, -0.05) is 23.7 Å². The third-order valence-corrected chi connectivity index (χ3v) is 4.42. The molecule has 120 valence electrons. The number of anilines is 1. The zero-order valence-corrected chi connectivity index (χ0v) is 13.7. The first-order chi connectivity index (χ1) is 11.5. The van der Waals surface area contributed by atoms with Gasteiger partial charge >= 0.3 is 0 Å². The topological polar surface area (TPSA) is 85.1 Å². The maximum atomic E-state index is 11.9. The molecule has 0 saturated heterocycles. The molecule has 0 aliphatic rings. The van der Waals surface area contributed by atoms with E-state index in [4.69, 9.17) is 11.6 Å². The van der Waals surface area contributed by atoms with Crippen LogP contribution in [-0.4, -0.2) is 15.8 Å². The van der Waals surface area contributed by atoms with Crippen LogP contribution in [0.15, 0.2) is 48.5 Å². The van der Waals surface area contributed by atoms with Gasteiger partial charge in [-0.25, -0.2) is 4.98 Å². The first kappa shape index (κ1) is 16.1. The number of amides is 1. The van der Waals surface area contributed by atoms with Crippen molar-refractivity contribution in [3.8, 4) is 0 Å². The fraction of sp³-hybridized carbons (Fsp3) is 0. The number of benzene rings is 2. The van der Waals surface area contributed by atoms with Crippen LogP contribution in [0.2, 0.25) is 5.02 Å². The van der Waals surface area contributed by atoms with Gasteiger partial charge in [0.25, 0.3) is 5.69 Å². The van der Waals surface area contributed by atoms with Gasteiger partial charge < -0.3 is 5.32 Å². The summed E-state index contributed by atoms with van der Waals surface area (Å²) in [5, 5.41) is 14.1. The average molecular weight is 360 g/mol. The second kappa shape index (κ2) is 6.77. The third kappa shape index (κ3) is 3.58. The second-order valence-electron chi connectivity index (χ2n) is 4.77. The van der Waals surface area contributed by atoms with Crippen LogP contribution in [0.4, 0.5) is 11.4 Å². The lowest BCUT2D eigenvalue weighted by molar-refractivity contribution is -0.384. The molecule has 1 aromatic heterocycles. The Morgan fingerprint density at radius 2 is 2.08 bits per heavy atom. The minimum atomic E-state index is -0.602. The molecule has 6 nitrogen and oxygen atoms in total. The normalized spacial score (nSPS) is 11.0. The number of halogens is 1. The van der Waals surface area contributed by atoms with Gasteiger partial charge in [0.2, 0.25) is 5.91 Å². The number of nitrogens with zero attached hydrogens (tertiary/aromatic N) is 2. The fourth-order valence-corrected chi connectivity index (χ4v) is 3.08. The Labute approximate surface area is 145 Å². The Hall–Kier alpha value is -2.77. The van der Waals surface area contributed by atoms with Crippen molar-refractivity contribution >= 4 is 56.5 Å². The Bertz CT molecular complexity index is 935. The number of hydrogen-bond donors (Lipinski definition) is 1. The number of carbonyl (C=O) groups is 1. The van der Waals surface area contributed by atoms with Crippen molar-refractivity contribution in [2.75, 3.05) is 5.32 Å². The van der Waals surface area contributed by atoms with Gasteiger partial charge in [0.1, 0.15) is 10.0 Å². The number of fused-ring (bicyclic) bond motifs is 1. The Kier molecular flexibility index (Phi) is 4.54. The average Bonchev–Trinajstić information content (AvgIpc) is 2.97. The third-order valence-electron chi connectivity index (χ3n) is 3.10. The summed E-state index contributed by atoms with van der Waals surface area (Å²) in [5.74, 6) is -0.411. The van der Waals surface area contributed by atoms with E-state index in [0.717, 1.165) is 10.2 Å². The molecule has 1 amide bonds. The highest BCUT2D eigenvalue weighted by molar-refractivity contribution is 7.19. The predicted molar refractivity (Wildman–Crippen MR) is 95.4 cm³/mol. The van der Waals surface area contributed by atoms with E-state index >= 15 is 0 Å². The largest absolute Gasteiger partial charge is 0.322 e. The van der Waals surface area contributed by atoms with E-state index in [9.17, 15) is 14.9 Å². The van der Waals surface area contributed by atoms with E-state index in [1.807, 2.05) is 24.3 Å². The van der Waals surface area contributed by atoms with Crippen LogP contribution < -0.4 is 5.32 Å². The number of nitro benzene ring substituents is 1. The molecule has 0 aliphatic heterocycles. The van der Waals surface area contributed by atoms with E-state index in [1.165, 1.54) is 35.6 Å². The minimum absolute atomic E-state index is 0.0167. The van der Waals surface area contributed by atoms with Crippen molar-refractivity contribution in [1.29, 1.82) is 0 Å². The van der Waals surface area contributed by atoms with E-state index in [0.29, 0.717) is 10.7 Å². The van der Waals surface area contributed by atoms with Crippen LogP contribution in [-0.2, 0) is 4.79 Å². The highest BCUT2D eigenvalue weighted by Crippen LogP contribution is 2.27. The lowest BCUT2D eigenvalue weighted by Crippen LogP contribution is -2.08. The van der Waals surface area contributed by atoms with Crippen molar-refractivity contribution in [3.05, 3.63) is 68.7 Å². The molecule has 8 heteroatoms. The van der Waals surface area contributed by atoms with E-state index in [2.05, 4.69) is 10.3 Å². The smallest absolute Gasteiger partial charge is 0.289 e. The summed E-state index contributed by atoms with van der Waals surface area (Å²) in [5.41, 5.74) is 0.908. The van der Waals surface area contributed by atoms with Crippen LogP contribution in [0.1, 0.15) is 5.01 Å².